The number of aryl methyl sites for hydroxylation is 1. The number of hydrogen-bond donors (Lipinski definition) is 1. The Kier molecular flexibility index (Phi) is 4.05. The highest BCUT2D eigenvalue weighted by molar-refractivity contribution is 9.10. The van der Waals surface area contributed by atoms with E-state index in [0.717, 1.165) is 37.3 Å². The molecule has 1 saturated heterocycles. The molecule has 4 heteroatoms. The van der Waals surface area contributed by atoms with Gasteiger partial charge in [-0.05, 0) is 60.4 Å². The number of hydrogen-bond acceptors (Lipinski definition) is 2. The highest BCUT2D eigenvalue weighted by Gasteiger charge is 2.17. The van der Waals surface area contributed by atoms with E-state index < -0.39 is 0 Å². The van der Waals surface area contributed by atoms with Crippen LogP contribution in [-0.4, -0.2) is 25.7 Å². The summed E-state index contributed by atoms with van der Waals surface area (Å²) in [6.45, 7) is 7.20. The minimum atomic E-state index is -0.188. The third kappa shape index (κ3) is 2.99. The standard InChI is InChI=1S/C13H18BrFN2/c1-9-6-12(15)11(14)7-13(9)17-5-3-4-16-10(2)8-17/h6-7,10,16H,3-5,8H2,1-2H3. The normalized spacial score (nSPS) is 21.4. The Morgan fingerprint density at radius 1 is 1.47 bits per heavy atom. The number of rotatable bonds is 1. The fourth-order valence-corrected chi connectivity index (χ4v) is 2.63. The van der Waals surface area contributed by atoms with Crippen molar-refractivity contribution in [2.24, 2.45) is 0 Å². The Morgan fingerprint density at radius 2 is 2.24 bits per heavy atom. The summed E-state index contributed by atoms with van der Waals surface area (Å²) in [5, 5.41) is 3.46. The summed E-state index contributed by atoms with van der Waals surface area (Å²) >= 11 is 3.26. The molecule has 1 heterocycles. The van der Waals surface area contributed by atoms with E-state index >= 15 is 0 Å². The smallest absolute Gasteiger partial charge is 0.137 e. The maximum absolute atomic E-state index is 13.4. The van der Waals surface area contributed by atoms with Gasteiger partial charge in [-0.25, -0.2) is 4.39 Å². The summed E-state index contributed by atoms with van der Waals surface area (Å²) < 4.78 is 14.0. The highest BCUT2D eigenvalue weighted by atomic mass is 79.9. The van der Waals surface area contributed by atoms with Crippen LogP contribution in [0.25, 0.3) is 0 Å². The number of nitrogens with one attached hydrogen (secondary N) is 1. The second-order valence-electron chi connectivity index (χ2n) is 4.71. The van der Waals surface area contributed by atoms with Crippen LogP contribution in [0.2, 0.25) is 0 Å². The molecule has 2 nitrogen and oxygen atoms in total. The largest absolute Gasteiger partial charge is 0.370 e. The van der Waals surface area contributed by atoms with E-state index in [1.165, 1.54) is 0 Å². The van der Waals surface area contributed by atoms with Crippen LogP contribution in [0, 0.1) is 12.7 Å². The average Bonchev–Trinajstić information content (AvgIpc) is 2.48. The molecule has 0 spiro atoms. The second-order valence-corrected chi connectivity index (χ2v) is 5.56. The van der Waals surface area contributed by atoms with Gasteiger partial charge in [0.25, 0.3) is 0 Å². The first-order valence-corrected chi connectivity index (χ1v) is 6.81. The Hall–Kier alpha value is -0.610. The minimum Gasteiger partial charge on any atom is -0.370 e. The van der Waals surface area contributed by atoms with Crippen molar-refractivity contribution in [2.75, 3.05) is 24.5 Å². The van der Waals surface area contributed by atoms with Crippen LogP contribution in [-0.2, 0) is 0 Å². The Morgan fingerprint density at radius 3 is 3.00 bits per heavy atom. The van der Waals surface area contributed by atoms with Gasteiger partial charge in [0, 0.05) is 24.8 Å². The molecule has 0 aliphatic carbocycles. The SMILES string of the molecule is Cc1cc(F)c(Br)cc1N1CCCNC(C)C1. The zero-order chi connectivity index (χ0) is 12.4. The van der Waals surface area contributed by atoms with Gasteiger partial charge in [-0.1, -0.05) is 0 Å². The number of nitrogens with zero attached hydrogens (tertiary/aromatic N) is 1. The lowest BCUT2D eigenvalue weighted by molar-refractivity contribution is 0.584. The molecule has 1 N–H and O–H groups in total. The molecule has 1 aromatic rings. The summed E-state index contributed by atoms with van der Waals surface area (Å²) in [6, 6.07) is 3.96. The molecule has 2 rings (SSSR count). The molecule has 0 saturated carbocycles. The monoisotopic (exact) mass is 300 g/mol. The molecule has 0 amide bonds. The van der Waals surface area contributed by atoms with Crippen LogP contribution in [0.3, 0.4) is 0 Å². The zero-order valence-electron chi connectivity index (χ0n) is 10.3. The molecule has 0 radical (unpaired) electrons. The van der Waals surface area contributed by atoms with Gasteiger partial charge >= 0.3 is 0 Å². The number of anilines is 1. The molecule has 17 heavy (non-hydrogen) atoms. The molecular weight excluding hydrogens is 283 g/mol. The molecule has 0 aromatic heterocycles. The fraction of sp³-hybridized carbons (Fsp3) is 0.538. The molecule has 1 aliphatic heterocycles. The van der Waals surface area contributed by atoms with Crippen molar-refractivity contribution in [1.82, 2.24) is 5.32 Å². The first-order chi connectivity index (χ1) is 8.08. The van der Waals surface area contributed by atoms with Crippen molar-refractivity contribution in [3.05, 3.63) is 28.0 Å². The van der Waals surface area contributed by atoms with Crippen molar-refractivity contribution in [2.45, 2.75) is 26.3 Å². The maximum Gasteiger partial charge on any atom is 0.137 e. The van der Waals surface area contributed by atoms with E-state index in [1.54, 1.807) is 6.07 Å². The molecular formula is C13H18BrFN2. The van der Waals surface area contributed by atoms with Crippen LogP contribution < -0.4 is 10.2 Å². The Labute approximate surface area is 110 Å². The summed E-state index contributed by atoms with van der Waals surface area (Å²) in [4.78, 5) is 2.34. The van der Waals surface area contributed by atoms with E-state index in [4.69, 9.17) is 0 Å². The molecule has 1 fully saturated rings. The summed E-state index contributed by atoms with van der Waals surface area (Å²) in [5.74, 6) is -0.188. The third-order valence-corrected chi connectivity index (χ3v) is 3.78. The van der Waals surface area contributed by atoms with Gasteiger partial charge in [0.15, 0.2) is 0 Å². The molecule has 1 aliphatic rings. The van der Waals surface area contributed by atoms with Gasteiger partial charge in [0.1, 0.15) is 5.82 Å². The van der Waals surface area contributed by atoms with E-state index in [9.17, 15) is 4.39 Å². The van der Waals surface area contributed by atoms with Crippen molar-refractivity contribution in [3.8, 4) is 0 Å². The van der Waals surface area contributed by atoms with Crippen LogP contribution >= 0.6 is 15.9 Å². The van der Waals surface area contributed by atoms with Gasteiger partial charge < -0.3 is 10.2 Å². The third-order valence-electron chi connectivity index (χ3n) is 3.17. The molecule has 94 valence electrons. The van der Waals surface area contributed by atoms with E-state index in [2.05, 4.69) is 33.1 Å². The lowest BCUT2D eigenvalue weighted by atomic mass is 10.1. The quantitative estimate of drug-likeness (QED) is 0.857. The highest BCUT2D eigenvalue weighted by Crippen LogP contribution is 2.28. The summed E-state index contributed by atoms with van der Waals surface area (Å²) in [7, 11) is 0. The first kappa shape index (κ1) is 12.8. The maximum atomic E-state index is 13.4. The lowest BCUT2D eigenvalue weighted by Gasteiger charge is -2.26. The first-order valence-electron chi connectivity index (χ1n) is 6.02. The van der Waals surface area contributed by atoms with Crippen LogP contribution in [0.4, 0.5) is 10.1 Å². The predicted molar refractivity (Wildman–Crippen MR) is 73.1 cm³/mol. The van der Waals surface area contributed by atoms with Crippen molar-refractivity contribution in [3.63, 3.8) is 0 Å². The topological polar surface area (TPSA) is 15.3 Å². The van der Waals surface area contributed by atoms with Crippen LogP contribution in [0.15, 0.2) is 16.6 Å². The lowest BCUT2D eigenvalue weighted by Crippen LogP contribution is -2.35. The average molecular weight is 301 g/mol. The summed E-state index contributed by atoms with van der Waals surface area (Å²) in [5.41, 5.74) is 2.13. The van der Waals surface area contributed by atoms with Crippen molar-refractivity contribution < 1.29 is 4.39 Å². The van der Waals surface area contributed by atoms with E-state index in [0.29, 0.717) is 10.5 Å². The molecule has 1 aromatic carbocycles. The Bertz CT molecular complexity index is 409. The second kappa shape index (κ2) is 5.36. The van der Waals surface area contributed by atoms with E-state index in [1.807, 2.05) is 13.0 Å². The van der Waals surface area contributed by atoms with Crippen LogP contribution in [0.5, 0.6) is 0 Å². The van der Waals surface area contributed by atoms with Crippen molar-refractivity contribution in [1.29, 1.82) is 0 Å². The molecule has 0 bridgehead atoms. The number of halogens is 2. The van der Waals surface area contributed by atoms with Crippen molar-refractivity contribution >= 4 is 21.6 Å². The number of benzene rings is 1. The molecule has 1 atom stereocenters. The van der Waals surface area contributed by atoms with Gasteiger partial charge in [-0.15, -0.1) is 0 Å². The van der Waals surface area contributed by atoms with E-state index in [-0.39, 0.29) is 5.82 Å². The minimum absolute atomic E-state index is 0.188. The van der Waals surface area contributed by atoms with Gasteiger partial charge in [-0.3, -0.25) is 0 Å². The zero-order valence-corrected chi connectivity index (χ0v) is 11.8. The summed E-state index contributed by atoms with van der Waals surface area (Å²) in [6.07, 6.45) is 1.12. The van der Waals surface area contributed by atoms with Gasteiger partial charge in [-0.2, -0.15) is 0 Å². The fourth-order valence-electron chi connectivity index (χ4n) is 2.30. The predicted octanol–water partition coefficient (Wildman–Crippen LogP) is 3.08. The van der Waals surface area contributed by atoms with Gasteiger partial charge in [0.2, 0.25) is 0 Å². The van der Waals surface area contributed by atoms with Crippen LogP contribution in [0.1, 0.15) is 18.9 Å². The molecule has 1 unspecified atom stereocenters. The Balaban J connectivity index is 2.28. The van der Waals surface area contributed by atoms with Gasteiger partial charge in [0.05, 0.1) is 4.47 Å².